The molecular formula is C11H16F2N2O3S. The van der Waals surface area contributed by atoms with Crippen molar-refractivity contribution in [3.63, 3.8) is 0 Å². The van der Waals surface area contributed by atoms with Crippen molar-refractivity contribution in [2.75, 3.05) is 33.4 Å². The summed E-state index contributed by atoms with van der Waals surface area (Å²) < 4.78 is 57.0. The minimum Gasteiger partial charge on any atom is -0.383 e. The molecule has 108 valence electrons. The summed E-state index contributed by atoms with van der Waals surface area (Å²) in [6.07, 6.45) is 0. The minimum atomic E-state index is -4.19. The van der Waals surface area contributed by atoms with Crippen molar-refractivity contribution >= 4 is 10.0 Å². The van der Waals surface area contributed by atoms with E-state index in [-0.39, 0.29) is 6.54 Å². The van der Waals surface area contributed by atoms with E-state index in [1.54, 1.807) is 7.11 Å². The molecule has 1 aromatic carbocycles. The van der Waals surface area contributed by atoms with Gasteiger partial charge in [0.05, 0.1) is 6.61 Å². The van der Waals surface area contributed by atoms with Crippen molar-refractivity contribution in [3.8, 4) is 0 Å². The highest BCUT2D eigenvalue weighted by atomic mass is 32.2. The zero-order valence-corrected chi connectivity index (χ0v) is 11.3. The molecule has 0 aliphatic carbocycles. The van der Waals surface area contributed by atoms with Crippen LogP contribution in [0.1, 0.15) is 0 Å². The van der Waals surface area contributed by atoms with Crippen LogP contribution in [-0.4, -0.2) is 41.8 Å². The molecule has 0 fully saturated rings. The number of hydrogen-bond acceptors (Lipinski definition) is 4. The lowest BCUT2D eigenvalue weighted by molar-refractivity contribution is 0.199. The van der Waals surface area contributed by atoms with E-state index in [9.17, 15) is 17.2 Å². The molecule has 0 heterocycles. The van der Waals surface area contributed by atoms with E-state index in [4.69, 9.17) is 4.74 Å². The summed E-state index contributed by atoms with van der Waals surface area (Å²) in [5.41, 5.74) is 0. The van der Waals surface area contributed by atoms with Gasteiger partial charge in [0.25, 0.3) is 0 Å². The number of hydrogen-bond donors (Lipinski definition) is 2. The van der Waals surface area contributed by atoms with Crippen LogP contribution in [0.15, 0.2) is 23.1 Å². The minimum absolute atomic E-state index is 0.0276. The summed E-state index contributed by atoms with van der Waals surface area (Å²) >= 11 is 0. The maximum Gasteiger partial charge on any atom is 0.246 e. The molecule has 0 aromatic heterocycles. The molecule has 0 amide bonds. The number of nitrogens with one attached hydrogen (secondary N) is 2. The van der Waals surface area contributed by atoms with Crippen molar-refractivity contribution < 1.29 is 21.9 Å². The third-order valence-corrected chi connectivity index (χ3v) is 3.78. The molecule has 0 unspecified atom stereocenters. The molecule has 0 aliphatic heterocycles. The van der Waals surface area contributed by atoms with Crippen molar-refractivity contribution in [2.24, 2.45) is 0 Å². The summed E-state index contributed by atoms with van der Waals surface area (Å²) in [7, 11) is -2.64. The first kappa shape index (κ1) is 16.0. The van der Waals surface area contributed by atoms with E-state index in [0.717, 1.165) is 18.2 Å². The van der Waals surface area contributed by atoms with Crippen LogP contribution >= 0.6 is 0 Å². The van der Waals surface area contributed by atoms with Crippen molar-refractivity contribution in [2.45, 2.75) is 4.90 Å². The average molecular weight is 294 g/mol. The number of rotatable bonds is 8. The van der Waals surface area contributed by atoms with Gasteiger partial charge in [0, 0.05) is 26.7 Å². The van der Waals surface area contributed by atoms with Gasteiger partial charge in [-0.15, -0.1) is 0 Å². The first-order valence-electron chi connectivity index (χ1n) is 5.62. The highest BCUT2D eigenvalue weighted by Gasteiger charge is 2.22. The molecule has 2 N–H and O–H groups in total. The summed E-state index contributed by atoms with van der Waals surface area (Å²) in [6.45, 7) is 1.42. The second-order valence-electron chi connectivity index (χ2n) is 3.69. The van der Waals surface area contributed by atoms with Crippen LogP contribution < -0.4 is 10.0 Å². The van der Waals surface area contributed by atoms with Crippen LogP contribution in [-0.2, 0) is 14.8 Å². The molecule has 1 rings (SSSR count). The number of sulfonamides is 1. The fourth-order valence-electron chi connectivity index (χ4n) is 1.38. The molecule has 5 nitrogen and oxygen atoms in total. The maximum absolute atomic E-state index is 13.3. The third kappa shape index (κ3) is 4.83. The Kier molecular flexibility index (Phi) is 6.29. The smallest absolute Gasteiger partial charge is 0.246 e. The van der Waals surface area contributed by atoms with E-state index in [1.165, 1.54) is 0 Å². The van der Waals surface area contributed by atoms with E-state index < -0.39 is 26.6 Å². The quantitative estimate of drug-likeness (QED) is 0.684. The molecule has 8 heteroatoms. The normalized spacial score (nSPS) is 11.7. The SMILES string of the molecule is COCCNCCNS(=O)(=O)c1c(F)cccc1F. The van der Waals surface area contributed by atoms with Crippen LogP contribution in [0.2, 0.25) is 0 Å². The molecule has 19 heavy (non-hydrogen) atoms. The highest BCUT2D eigenvalue weighted by Crippen LogP contribution is 2.17. The monoisotopic (exact) mass is 294 g/mol. The largest absolute Gasteiger partial charge is 0.383 e. The molecule has 0 radical (unpaired) electrons. The molecular weight excluding hydrogens is 278 g/mol. The molecule has 0 spiro atoms. The second kappa shape index (κ2) is 7.49. The van der Waals surface area contributed by atoms with E-state index in [0.29, 0.717) is 19.7 Å². The van der Waals surface area contributed by atoms with E-state index in [2.05, 4.69) is 10.0 Å². The zero-order chi connectivity index (χ0) is 14.3. The lowest BCUT2D eigenvalue weighted by atomic mass is 10.3. The average Bonchev–Trinajstić information content (AvgIpc) is 2.33. The summed E-state index contributed by atoms with van der Waals surface area (Å²) in [5, 5.41) is 2.90. The molecule has 0 atom stereocenters. The Bertz CT molecular complexity index is 488. The van der Waals surface area contributed by atoms with Crippen LogP contribution in [0.4, 0.5) is 8.78 Å². The Morgan fingerprint density at radius 1 is 1.16 bits per heavy atom. The fourth-order valence-corrected chi connectivity index (χ4v) is 2.55. The van der Waals surface area contributed by atoms with Gasteiger partial charge in [0.15, 0.2) is 4.90 Å². The lowest BCUT2D eigenvalue weighted by Crippen LogP contribution is -2.33. The standard InChI is InChI=1S/C11H16F2N2O3S/c1-18-8-7-14-5-6-15-19(16,17)11-9(12)3-2-4-10(11)13/h2-4,14-15H,5-8H2,1H3. The van der Waals surface area contributed by atoms with Gasteiger partial charge in [0.2, 0.25) is 10.0 Å². The molecule has 0 saturated heterocycles. The van der Waals surface area contributed by atoms with E-state index >= 15 is 0 Å². The Morgan fingerprint density at radius 3 is 2.37 bits per heavy atom. The Hall–Kier alpha value is -1.09. The summed E-state index contributed by atoms with van der Waals surface area (Å²) in [4.78, 5) is -0.952. The van der Waals surface area contributed by atoms with Gasteiger partial charge >= 0.3 is 0 Å². The molecule has 1 aromatic rings. The van der Waals surface area contributed by atoms with Gasteiger partial charge in [0.1, 0.15) is 11.6 Å². The predicted molar refractivity (Wildman–Crippen MR) is 66.3 cm³/mol. The van der Waals surface area contributed by atoms with E-state index in [1.807, 2.05) is 0 Å². The first-order chi connectivity index (χ1) is 8.99. The van der Waals surface area contributed by atoms with Gasteiger partial charge in [-0.25, -0.2) is 21.9 Å². The van der Waals surface area contributed by atoms with Crippen molar-refractivity contribution in [1.82, 2.24) is 10.0 Å². The van der Waals surface area contributed by atoms with Crippen LogP contribution in [0.5, 0.6) is 0 Å². The summed E-state index contributed by atoms with van der Waals surface area (Å²) in [5.74, 6) is -2.22. The Balaban J connectivity index is 2.57. The zero-order valence-electron chi connectivity index (χ0n) is 10.4. The second-order valence-corrected chi connectivity index (χ2v) is 5.40. The number of halogens is 2. The number of ether oxygens (including phenoxy) is 1. The Labute approximate surface area is 111 Å². The Morgan fingerprint density at radius 2 is 1.79 bits per heavy atom. The van der Waals surface area contributed by atoms with Gasteiger partial charge < -0.3 is 10.1 Å². The number of benzene rings is 1. The van der Waals surface area contributed by atoms with Crippen LogP contribution in [0.25, 0.3) is 0 Å². The molecule has 0 saturated carbocycles. The van der Waals surface area contributed by atoms with Crippen LogP contribution in [0, 0.1) is 11.6 Å². The van der Waals surface area contributed by atoms with Crippen molar-refractivity contribution in [3.05, 3.63) is 29.8 Å². The topological polar surface area (TPSA) is 67.4 Å². The molecule has 0 bridgehead atoms. The molecule has 0 aliphatic rings. The van der Waals surface area contributed by atoms with Crippen LogP contribution in [0.3, 0.4) is 0 Å². The van der Waals surface area contributed by atoms with Gasteiger partial charge in [-0.05, 0) is 12.1 Å². The predicted octanol–water partition coefficient (Wildman–Crippen LogP) is 0.479. The van der Waals surface area contributed by atoms with Crippen molar-refractivity contribution in [1.29, 1.82) is 0 Å². The lowest BCUT2D eigenvalue weighted by Gasteiger charge is -2.09. The van der Waals surface area contributed by atoms with Gasteiger partial charge in [-0.1, -0.05) is 6.07 Å². The first-order valence-corrected chi connectivity index (χ1v) is 7.10. The van der Waals surface area contributed by atoms with Gasteiger partial charge in [-0.2, -0.15) is 0 Å². The third-order valence-electron chi connectivity index (χ3n) is 2.26. The van der Waals surface area contributed by atoms with Gasteiger partial charge in [-0.3, -0.25) is 0 Å². The fraction of sp³-hybridized carbons (Fsp3) is 0.455. The number of methoxy groups -OCH3 is 1. The highest BCUT2D eigenvalue weighted by molar-refractivity contribution is 7.89. The summed E-state index contributed by atoms with van der Waals surface area (Å²) in [6, 6.07) is 2.90. The maximum atomic E-state index is 13.3.